The highest BCUT2D eigenvalue weighted by Gasteiger charge is 2.46. The SMILES string of the molecule is CCC[C@@]1(O)C(=O)OCc2c1cc1n(c2=O)Cc2c-1nc1cc(F)c(C)c3c1c2[C@@H](NC)CC3. The largest absolute Gasteiger partial charge is 0.458 e. The molecule has 1 aromatic carbocycles. The molecule has 0 bridgehead atoms. The lowest BCUT2D eigenvalue weighted by atomic mass is 9.81. The summed E-state index contributed by atoms with van der Waals surface area (Å²) in [5.41, 5.74) is 3.78. The number of ether oxygens (including phenoxy) is 1. The Kier molecular flexibility index (Phi) is 4.54. The van der Waals surface area contributed by atoms with E-state index in [1.54, 1.807) is 17.6 Å². The van der Waals surface area contributed by atoms with Crippen molar-refractivity contribution in [3.8, 4) is 11.4 Å². The molecule has 8 heteroatoms. The van der Waals surface area contributed by atoms with Gasteiger partial charge in [0.2, 0.25) is 0 Å². The maximum absolute atomic E-state index is 14.8. The Labute approximate surface area is 195 Å². The molecule has 176 valence electrons. The van der Waals surface area contributed by atoms with E-state index in [9.17, 15) is 19.1 Å². The number of aromatic nitrogens is 2. The molecule has 2 aromatic heterocycles. The lowest BCUT2D eigenvalue weighted by Crippen LogP contribution is -2.44. The van der Waals surface area contributed by atoms with E-state index in [2.05, 4.69) is 5.32 Å². The summed E-state index contributed by atoms with van der Waals surface area (Å²) in [4.78, 5) is 31.0. The van der Waals surface area contributed by atoms with Crippen molar-refractivity contribution in [2.45, 2.75) is 64.3 Å². The Morgan fingerprint density at radius 2 is 2.09 bits per heavy atom. The fourth-order valence-corrected chi connectivity index (χ4v) is 6.11. The number of nitrogens with zero attached hydrogens (tertiary/aromatic N) is 2. The summed E-state index contributed by atoms with van der Waals surface area (Å²) in [5, 5.41) is 15.6. The molecule has 0 saturated carbocycles. The van der Waals surface area contributed by atoms with Crippen LogP contribution in [0.15, 0.2) is 16.9 Å². The first kappa shape index (κ1) is 21.4. The monoisotopic (exact) mass is 463 g/mol. The first-order valence-corrected chi connectivity index (χ1v) is 11.8. The Balaban J connectivity index is 1.68. The Bertz CT molecular complexity index is 1480. The van der Waals surface area contributed by atoms with Crippen molar-refractivity contribution >= 4 is 16.9 Å². The van der Waals surface area contributed by atoms with Crippen LogP contribution in [0.1, 0.15) is 65.6 Å². The molecule has 0 saturated heterocycles. The number of hydrogen-bond donors (Lipinski definition) is 2. The predicted octanol–water partition coefficient (Wildman–Crippen LogP) is 3.12. The third-order valence-electron chi connectivity index (χ3n) is 7.83. The summed E-state index contributed by atoms with van der Waals surface area (Å²) in [7, 11) is 1.91. The van der Waals surface area contributed by atoms with Gasteiger partial charge >= 0.3 is 5.97 Å². The number of carbonyl (C=O) groups is 1. The lowest BCUT2D eigenvalue weighted by Gasteiger charge is -2.32. The molecule has 3 aromatic rings. The van der Waals surface area contributed by atoms with Crippen LogP contribution >= 0.6 is 0 Å². The fourth-order valence-electron chi connectivity index (χ4n) is 6.11. The van der Waals surface area contributed by atoms with Crippen LogP contribution in [0.5, 0.6) is 0 Å². The van der Waals surface area contributed by atoms with E-state index in [0.717, 1.165) is 34.9 Å². The van der Waals surface area contributed by atoms with Gasteiger partial charge in [-0.05, 0) is 56.0 Å². The number of carbonyl (C=O) groups excluding carboxylic acids is 1. The third-order valence-corrected chi connectivity index (χ3v) is 7.83. The Hall–Kier alpha value is -3.10. The molecular weight excluding hydrogens is 437 g/mol. The van der Waals surface area contributed by atoms with Crippen molar-refractivity contribution < 1.29 is 19.0 Å². The van der Waals surface area contributed by atoms with E-state index in [-0.39, 0.29) is 30.4 Å². The molecule has 0 unspecified atom stereocenters. The first-order chi connectivity index (χ1) is 16.3. The molecule has 2 N–H and O–H groups in total. The van der Waals surface area contributed by atoms with Crippen molar-refractivity contribution in [2.24, 2.45) is 0 Å². The highest BCUT2D eigenvalue weighted by atomic mass is 19.1. The number of halogens is 1. The molecule has 0 amide bonds. The molecule has 0 spiro atoms. The van der Waals surface area contributed by atoms with Crippen molar-refractivity contribution in [2.75, 3.05) is 7.05 Å². The maximum atomic E-state index is 14.8. The zero-order valence-electron chi connectivity index (χ0n) is 19.4. The normalized spacial score (nSPS) is 22.4. The van der Waals surface area contributed by atoms with E-state index >= 15 is 0 Å². The molecule has 2 atom stereocenters. The molecule has 0 radical (unpaired) electrons. The van der Waals surface area contributed by atoms with Gasteiger partial charge in [-0.15, -0.1) is 0 Å². The van der Waals surface area contributed by atoms with Crippen LogP contribution in [0.3, 0.4) is 0 Å². The molecule has 1 aliphatic carbocycles. The highest BCUT2D eigenvalue weighted by molar-refractivity contribution is 5.93. The van der Waals surface area contributed by atoms with Crippen molar-refractivity contribution in [1.82, 2.24) is 14.9 Å². The molecular formula is C26H26FN3O4. The van der Waals surface area contributed by atoms with Gasteiger partial charge in [0, 0.05) is 28.6 Å². The summed E-state index contributed by atoms with van der Waals surface area (Å²) in [6.45, 7) is 3.84. The number of nitrogens with one attached hydrogen (secondary N) is 1. The minimum absolute atomic E-state index is 0.0539. The van der Waals surface area contributed by atoms with E-state index < -0.39 is 11.6 Å². The molecule has 0 fully saturated rings. The molecule has 6 rings (SSSR count). The summed E-state index contributed by atoms with van der Waals surface area (Å²) in [5.74, 6) is -1.02. The second-order valence-corrected chi connectivity index (χ2v) is 9.59. The Morgan fingerprint density at radius 3 is 2.82 bits per heavy atom. The standard InChI is InChI=1S/C26H26FN3O4/c1-4-7-26(33)16-8-20-23-14(10-30(20)24(31)15(16)11-34-25(26)32)22-18(28-3)6-5-13-12(2)17(27)9-19(29-23)21(13)22/h8-9,18,28,33H,4-7,10-11H2,1-3H3/t18-,26-/m0/s1. The molecule has 34 heavy (non-hydrogen) atoms. The second-order valence-electron chi connectivity index (χ2n) is 9.59. The number of pyridine rings is 2. The first-order valence-electron chi connectivity index (χ1n) is 11.8. The number of esters is 1. The number of rotatable bonds is 3. The topological polar surface area (TPSA) is 93.5 Å². The summed E-state index contributed by atoms with van der Waals surface area (Å²) in [6.07, 6.45) is 2.27. The third kappa shape index (κ3) is 2.61. The van der Waals surface area contributed by atoms with Gasteiger partial charge < -0.3 is 19.7 Å². The summed E-state index contributed by atoms with van der Waals surface area (Å²) >= 11 is 0. The predicted molar refractivity (Wildman–Crippen MR) is 124 cm³/mol. The number of aliphatic hydroxyl groups is 1. The van der Waals surface area contributed by atoms with Crippen LogP contribution in [0.2, 0.25) is 0 Å². The minimum atomic E-state index is -1.87. The molecule has 2 aliphatic heterocycles. The number of hydrogen-bond acceptors (Lipinski definition) is 6. The van der Waals surface area contributed by atoms with Crippen LogP contribution in [-0.2, 0) is 34.7 Å². The van der Waals surface area contributed by atoms with Crippen molar-refractivity contribution in [3.63, 3.8) is 0 Å². The van der Waals surface area contributed by atoms with Gasteiger partial charge in [-0.2, -0.15) is 0 Å². The number of fused-ring (bicyclic) bond motifs is 5. The van der Waals surface area contributed by atoms with E-state index in [1.807, 2.05) is 14.0 Å². The van der Waals surface area contributed by atoms with Gasteiger partial charge in [0.25, 0.3) is 5.56 Å². The summed E-state index contributed by atoms with van der Waals surface area (Å²) < 4.78 is 21.7. The van der Waals surface area contributed by atoms with Crippen LogP contribution < -0.4 is 10.9 Å². The average Bonchev–Trinajstić information content (AvgIpc) is 3.19. The number of benzene rings is 1. The van der Waals surface area contributed by atoms with E-state index in [4.69, 9.17) is 9.72 Å². The fraction of sp³-hybridized carbons (Fsp3) is 0.423. The lowest BCUT2D eigenvalue weighted by molar-refractivity contribution is -0.172. The van der Waals surface area contributed by atoms with Gasteiger partial charge in [-0.1, -0.05) is 13.3 Å². The van der Waals surface area contributed by atoms with Gasteiger partial charge in [-0.25, -0.2) is 14.2 Å². The minimum Gasteiger partial charge on any atom is -0.458 e. The highest BCUT2D eigenvalue weighted by Crippen LogP contribution is 2.45. The van der Waals surface area contributed by atoms with Crippen molar-refractivity contribution in [3.05, 3.63) is 61.7 Å². The summed E-state index contributed by atoms with van der Waals surface area (Å²) in [6, 6.07) is 3.24. The maximum Gasteiger partial charge on any atom is 0.343 e. The quantitative estimate of drug-likeness (QED) is 0.454. The van der Waals surface area contributed by atoms with Crippen molar-refractivity contribution in [1.29, 1.82) is 0 Å². The zero-order valence-corrected chi connectivity index (χ0v) is 19.4. The van der Waals surface area contributed by atoms with Crippen LogP contribution in [0.4, 0.5) is 4.39 Å². The number of aryl methyl sites for hydroxylation is 1. The Morgan fingerprint density at radius 1 is 1.29 bits per heavy atom. The second kappa shape index (κ2) is 7.20. The van der Waals surface area contributed by atoms with Crippen LogP contribution in [-0.4, -0.2) is 27.7 Å². The van der Waals surface area contributed by atoms with Crippen LogP contribution in [0, 0.1) is 12.7 Å². The van der Waals surface area contributed by atoms with Gasteiger partial charge in [0.1, 0.15) is 12.4 Å². The van der Waals surface area contributed by atoms with Gasteiger partial charge in [-0.3, -0.25) is 4.79 Å². The molecule has 4 heterocycles. The average molecular weight is 464 g/mol. The molecule has 3 aliphatic rings. The zero-order chi connectivity index (χ0) is 23.9. The van der Waals surface area contributed by atoms with Gasteiger partial charge in [0.05, 0.1) is 29.0 Å². The van der Waals surface area contributed by atoms with Crippen LogP contribution in [0.25, 0.3) is 22.3 Å². The van der Waals surface area contributed by atoms with Gasteiger partial charge in [0.15, 0.2) is 5.60 Å². The molecule has 7 nitrogen and oxygen atoms in total. The number of cyclic esters (lactones) is 1. The smallest absolute Gasteiger partial charge is 0.343 e. The van der Waals surface area contributed by atoms with E-state index in [1.165, 1.54) is 6.07 Å². The van der Waals surface area contributed by atoms with E-state index in [0.29, 0.717) is 46.6 Å².